The third-order valence-electron chi connectivity index (χ3n) is 22.9. The molecule has 1 nitrogen and oxygen atoms in total. The number of rotatable bonds is 27. The third-order valence-corrected chi connectivity index (χ3v) is 22.9. The molecule has 2 aliphatic rings. The molecule has 0 unspecified atom stereocenters. The first-order valence-electron chi connectivity index (χ1n) is 38.2. The summed E-state index contributed by atoms with van der Waals surface area (Å²) in [5.41, 5.74) is 25.9. The first-order chi connectivity index (χ1) is 48.8. The second-order valence-electron chi connectivity index (χ2n) is 29.4. The number of aryl methyl sites for hydroxylation is 6. The van der Waals surface area contributed by atoms with Gasteiger partial charge in [0, 0.05) is 22.1 Å². The van der Waals surface area contributed by atoms with E-state index in [0.717, 1.165) is 37.1 Å². The van der Waals surface area contributed by atoms with Crippen LogP contribution in [-0.4, -0.2) is 0 Å². The summed E-state index contributed by atoms with van der Waals surface area (Å²) in [5, 5.41) is 10.2. The Bertz CT molecular complexity index is 4830. The predicted octanol–water partition coefficient (Wildman–Crippen LogP) is 27.6. The van der Waals surface area contributed by atoms with Gasteiger partial charge in [-0.1, -0.05) is 322 Å². The Kier molecular flexibility index (Phi) is 19.1. The smallest absolute Gasteiger partial charge is 0.0714 e. The van der Waals surface area contributed by atoms with E-state index in [1.54, 1.807) is 0 Å². The summed E-state index contributed by atoms with van der Waals surface area (Å²) in [7, 11) is 0. The van der Waals surface area contributed by atoms with Gasteiger partial charge in [0.25, 0.3) is 0 Å². The predicted molar refractivity (Wildman–Crippen MR) is 427 cm³/mol. The molecule has 0 saturated carbocycles. The minimum Gasteiger partial charge on any atom is -0.309 e. The molecule has 99 heavy (non-hydrogen) atoms. The van der Waals surface area contributed by atoms with Gasteiger partial charge in [0.15, 0.2) is 0 Å². The van der Waals surface area contributed by atoms with Crippen LogP contribution in [0.1, 0.15) is 208 Å². The molecule has 0 fully saturated rings. The lowest BCUT2D eigenvalue weighted by Crippen LogP contribution is -2.37. The van der Waals surface area contributed by atoms with Crippen molar-refractivity contribution >= 4 is 60.2 Å². The van der Waals surface area contributed by atoms with Crippen LogP contribution >= 0.6 is 0 Å². The van der Waals surface area contributed by atoms with Gasteiger partial charge in [0.1, 0.15) is 0 Å². The van der Waals surface area contributed by atoms with Crippen molar-refractivity contribution in [2.45, 2.75) is 181 Å². The number of benzene rings is 13. The maximum atomic E-state index is 2.79. The Hall–Kier alpha value is -9.30. The van der Waals surface area contributed by atoms with E-state index in [-0.39, 0.29) is 0 Å². The van der Waals surface area contributed by atoms with Gasteiger partial charge in [0.05, 0.1) is 16.5 Å². The lowest BCUT2D eigenvalue weighted by molar-refractivity contribution is 0.665. The van der Waals surface area contributed by atoms with Gasteiger partial charge in [-0.25, -0.2) is 0 Å². The monoisotopic (exact) mass is 1290 g/mol. The van der Waals surface area contributed by atoms with Crippen molar-refractivity contribution in [2.75, 3.05) is 4.90 Å². The summed E-state index contributed by atoms with van der Waals surface area (Å²) in [6.45, 7) is 13.7. The molecule has 0 aliphatic heterocycles. The van der Waals surface area contributed by atoms with Gasteiger partial charge in [-0.3, -0.25) is 0 Å². The molecular weight excluding hydrogens is 1190 g/mol. The molecule has 0 N–H and O–H groups in total. The molecule has 1 heteroatoms. The van der Waals surface area contributed by atoms with E-state index in [9.17, 15) is 0 Å². The summed E-state index contributed by atoms with van der Waals surface area (Å²) in [5.74, 6) is 0. The molecule has 496 valence electrons. The molecule has 2 aliphatic carbocycles. The Balaban J connectivity index is 1.12. The Morgan fingerprint density at radius 2 is 0.626 bits per heavy atom. The summed E-state index contributed by atoms with van der Waals surface area (Å²) >= 11 is 0. The summed E-state index contributed by atoms with van der Waals surface area (Å²) in [6, 6.07) is 100. The van der Waals surface area contributed by atoms with Crippen LogP contribution in [0.3, 0.4) is 0 Å². The molecule has 0 saturated heterocycles. The lowest BCUT2D eigenvalue weighted by Gasteiger charge is -2.47. The van der Waals surface area contributed by atoms with Crippen LogP contribution in [0.15, 0.2) is 249 Å². The topological polar surface area (TPSA) is 3.24 Å². The van der Waals surface area contributed by atoms with Crippen molar-refractivity contribution in [3.8, 4) is 22.3 Å². The first-order valence-corrected chi connectivity index (χ1v) is 38.2. The van der Waals surface area contributed by atoms with Crippen LogP contribution < -0.4 is 4.90 Å². The zero-order valence-corrected chi connectivity index (χ0v) is 59.8. The zero-order valence-electron chi connectivity index (χ0n) is 59.8. The molecule has 13 aromatic rings. The fourth-order valence-corrected chi connectivity index (χ4v) is 17.8. The van der Waals surface area contributed by atoms with E-state index in [0.29, 0.717) is 0 Å². The number of hydrogen-bond acceptors (Lipinski definition) is 1. The molecule has 0 atom stereocenters. The van der Waals surface area contributed by atoms with Crippen molar-refractivity contribution in [3.05, 3.63) is 327 Å². The molecule has 0 spiro atoms. The fraction of sp³-hybridized carbons (Fsp3) is 0.286. The van der Waals surface area contributed by atoms with E-state index >= 15 is 0 Å². The number of unbranched alkanes of at least 4 members (excludes halogenated alkanes) is 12. The van der Waals surface area contributed by atoms with Crippen LogP contribution in [0.25, 0.3) is 65.3 Å². The fourth-order valence-electron chi connectivity index (χ4n) is 17.8. The molecular formula is C98H99N. The first kappa shape index (κ1) is 65.6. The maximum Gasteiger partial charge on any atom is 0.0714 e. The van der Waals surface area contributed by atoms with E-state index in [2.05, 4.69) is 295 Å². The normalized spacial score (nSPS) is 13.3. The quantitative estimate of drug-likeness (QED) is 0.0366. The van der Waals surface area contributed by atoms with Gasteiger partial charge in [0.2, 0.25) is 0 Å². The number of hydrogen-bond donors (Lipinski definition) is 0. The highest BCUT2D eigenvalue weighted by atomic mass is 15.1. The van der Waals surface area contributed by atoms with Crippen LogP contribution in [0.5, 0.6) is 0 Å². The number of fused-ring (bicyclic) bond motifs is 8. The molecule has 0 bridgehead atoms. The van der Waals surface area contributed by atoms with Crippen molar-refractivity contribution in [1.29, 1.82) is 0 Å². The van der Waals surface area contributed by atoms with Crippen molar-refractivity contribution in [2.24, 2.45) is 0 Å². The summed E-state index contributed by atoms with van der Waals surface area (Å²) < 4.78 is 0. The highest BCUT2D eigenvalue weighted by molar-refractivity contribution is 6.26. The molecule has 13 aromatic carbocycles. The highest BCUT2D eigenvalue weighted by Crippen LogP contribution is 2.64. The maximum absolute atomic E-state index is 2.79. The minimum absolute atomic E-state index is 0.734. The lowest BCUT2D eigenvalue weighted by atomic mass is 9.55. The SMILES string of the molecule is CCCCCCc1ccc(C2(c3ccc(CCCCCC)cc3)c3cc4c(cc3-c3c5ccccc5cc5cccc2c35)C(c2ccc(CCCCCC)cc2)(c2ccc(CCCCCC)cc2)c2cccc3c(N(c5ccc(C)cc5)c5ccc(C)cc5)c5ccccc5c-4c23)cc1. The van der Waals surface area contributed by atoms with Crippen LogP contribution in [0, 0.1) is 13.8 Å². The van der Waals surface area contributed by atoms with Crippen LogP contribution in [-0.2, 0) is 36.5 Å². The Labute approximate surface area is 591 Å². The van der Waals surface area contributed by atoms with Gasteiger partial charge >= 0.3 is 0 Å². The largest absolute Gasteiger partial charge is 0.309 e. The van der Waals surface area contributed by atoms with Gasteiger partial charge in [-0.15, -0.1) is 0 Å². The second kappa shape index (κ2) is 28.9. The van der Waals surface area contributed by atoms with Crippen molar-refractivity contribution in [3.63, 3.8) is 0 Å². The van der Waals surface area contributed by atoms with Gasteiger partial charge in [-0.05, 0) is 229 Å². The summed E-state index contributed by atoms with van der Waals surface area (Å²) in [6.07, 6.45) is 24.1. The van der Waals surface area contributed by atoms with E-state index in [4.69, 9.17) is 0 Å². The molecule has 15 rings (SSSR count). The number of anilines is 3. The minimum atomic E-state index is -0.793. The average Bonchev–Trinajstić information content (AvgIpc) is 0.666. The highest BCUT2D eigenvalue weighted by Gasteiger charge is 2.50. The van der Waals surface area contributed by atoms with E-state index in [1.165, 1.54) is 252 Å². The number of nitrogens with zero attached hydrogens (tertiary/aromatic N) is 1. The Morgan fingerprint density at radius 3 is 1.05 bits per heavy atom. The van der Waals surface area contributed by atoms with Crippen LogP contribution in [0.4, 0.5) is 17.1 Å². The molecule has 0 radical (unpaired) electrons. The standard InChI is InChI=1S/C98H99N/c1-7-11-15-19-29-70-45-53-76(54-46-70)97(77-55-47-71(48-56-77)30-20-16-12-8-2)88-39-27-34-75-65-74-33-23-24-35-82(74)93(92(75)88)86-66-91-87(67-90(86)97)94-83-36-25-26-37-84(83)96(99(80-61-41-68(5)42-62-80)81-63-43-69(6)44-64-81)85-38-28-40-89(95(85)94)98(91,78-57-49-72(50-58-78)31-21-17-13-9-3)79-59-51-73(52-60-79)32-22-18-14-10-4/h23-28,33-67H,7-22,29-32H2,1-6H3. The van der Waals surface area contributed by atoms with Crippen molar-refractivity contribution in [1.82, 2.24) is 0 Å². The molecule has 0 amide bonds. The molecule has 0 aromatic heterocycles. The third kappa shape index (κ3) is 11.9. The summed E-state index contributed by atoms with van der Waals surface area (Å²) in [4.78, 5) is 2.57. The van der Waals surface area contributed by atoms with E-state index in [1.807, 2.05) is 0 Å². The van der Waals surface area contributed by atoms with Crippen LogP contribution in [0.2, 0.25) is 0 Å². The van der Waals surface area contributed by atoms with E-state index < -0.39 is 10.8 Å². The van der Waals surface area contributed by atoms with Gasteiger partial charge in [-0.2, -0.15) is 0 Å². The zero-order chi connectivity index (χ0) is 67.5. The van der Waals surface area contributed by atoms with Crippen molar-refractivity contribution < 1.29 is 0 Å². The second-order valence-corrected chi connectivity index (χ2v) is 29.4. The van der Waals surface area contributed by atoms with Gasteiger partial charge < -0.3 is 4.90 Å². The molecule has 0 heterocycles. The Morgan fingerprint density at radius 1 is 0.273 bits per heavy atom. The average molecular weight is 1290 g/mol.